The van der Waals surface area contributed by atoms with E-state index in [1.807, 2.05) is 25.1 Å². The molecule has 0 bridgehead atoms. The lowest BCUT2D eigenvalue weighted by molar-refractivity contribution is -0.385. The summed E-state index contributed by atoms with van der Waals surface area (Å²) >= 11 is 0. The second kappa shape index (κ2) is 4.65. The normalized spacial score (nSPS) is 9.94. The zero-order valence-electron chi connectivity index (χ0n) is 9.29. The van der Waals surface area contributed by atoms with Gasteiger partial charge in [-0.05, 0) is 30.7 Å². The van der Waals surface area contributed by atoms with Crippen molar-refractivity contribution in [2.45, 2.75) is 6.92 Å². The monoisotopic (exact) mass is 229 g/mol. The van der Waals surface area contributed by atoms with Gasteiger partial charge >= 0.3 is 5.69 Å². The molecular formula is C13H11NO3. The van der Waals surface area contributed by atoms with E-state index in [9.17, 15) is 10.1 Å². The number of hydrogen-bond acceptors (Lipinski definition) is 3. The molecule has 0 saturated heterocycles. The first-order valence-corrected chi connectivity index (χ1v) is 5.15. The minimum atomic E-state index is -0.447. The lowest BCUT2D eigenvalue weighted by atomic mass is 10.2. The molecular weight excluding hydrogens is 218 g/mol. The van der Waals surface area contributed by atoms with Crippen LogP contribution in [-0.2, 0) is 0 Å². The van der Waals surface area contributed by atoms with E-state index in [0.29, 0.717) is 5.75 Å². The van der Waals surface area contributed by atoms with Gasteiger partial charge in [0.25, 0.3) is 0 Å². The van der Waals surface area contributed by atoms with E-state index in [2.05, 4.69) is 0 Å². The number of nitro groups is 1. The molecule has 0 saturated carbocycles. The van der Waals surface area contributed by atoms with Crippen LogP contribution in [0, 0.1) is 17.0 Å². The van der Waals surface area contributed by atoms with Crippen molar-refractivity contribution in [1.82, 2.24) is 0 Å². The number of benzene rings is 2. The summed E-state index contributed by atoms with van der Waals surface area (Å²) < 4.78 is 5.51. The standard InChI is InChI=1S/C13H11NO3/c1-10-7-8-12(14(15)16)13(9-10)17-11-5-3-2-4-6-11/h2-9H,1H3. The molecule has 2 aromatic carbocycles. The van der Waals surface area contributed by atoms with Crippen LogP contribution in [-0.4, -0.2) is 4.92 Å². The summed E-state index contributed by atoms with van der Waals surface area (Å²) in [5.74, 6) is 0.849. The van der Waals surface area contributed by atoms with Gasteiger partial charge in [0, 0.05) is 6.07 Å². The largest absolute Gasteiger partial charge is 0.450 e. The van der Waals surface area contributed by atoms with Gasteiger partial charge in [-0.15, -0.1) is 0 Å². The summed E-state index contributed by atoms with van der Waals surface area (Å²) in [4.78, 5) is 10.4. The van der Waals surface area contributed by atoms with E-state index in [4.69, 9.17) is 4.74 Å². The second-order valence-corrected chi connectivity index (χ2v) is 3.64. The molecule has 0 radical (unpaired) electrons. The lowest BCUT2D eigenvalue weighted by Crippen LogP contribution is -1.93. The minimum absolute atomic E-state index is 0.0283. The average molecular weight is 229 g/mol. The third-order valence-corrected chi connectivity index (χ3v) is 2.28. The van der Waals surface area contributed by atoms with Crippen LogP contribution in [0.2, 0.25) is 0 Å². The Morgan fingerprint density at radius 2 is 1.82 bits per heavy atom. The zero-order valence-corrected chi connectivity index (χ0v) is 9.29. The maximum absolute atomic E-state index is 10.8. The van der Waals surface area contributed by atoms with Crippen molar-refractivity contribution in [3.63, 3.8) is 0 Å². The summed E-state index contributed by atoms with van der Waals surface area (Å²) in [5, 5.41) is 10.8. The highest BCUT2D eigenvalue weighted by Gasteiger charge is 2.15. The van der Waals surface area contributed by atoms with Gasteiger partial charge in [0.05, 0.1) is 4.92 Å². The first-order valence-electron chi connectivity index (χ1n) is 5.15. The second-order valence-electron chi connectivity index (χ2n) is 3.64. The smallest absolute Gasteiger partial charge is 0.311 e. The van der Waals surface area contributed by atoms with Crippen molar-refractivity contribution in [3.8, 4) is 11.5 Å². The summed E-state index contributed by atoms with van der Waals surface area (Å²) in [6.45, 7) is 1.86. The lowest BCUT2D eigenvalue weighted by Gasteiger charge is -2.06. The Balaban J connectivity index is 2.37. The number of hydrogen-bond donors (Lipinski definition) is 0. The van der Waals surface area contributed by atoms with Crippen LogP contribution in [0.3, 0.4) is 0 Å². The van der Waals surface area contributed by atoms with Crippen molar-refractivity contribution < 1.29 is 9.66 Å². The Kier molecular flexibility index (Phi) is 3.05. The molecule has 4 heteroatoms. The van der Waals surface area contributed by atoms with Crippen LogP contribution in [0.4, 0.5) is 5.69 Å². The molecule has 0 aromatic heterocycles. The van der Waals surface area contributed by atoms with Gasteiger partial charge in [-0.25, -0.2) is 0 Å². The van der Waals surface area contributed by atoms with Crippen LogP contribution >= 0.6 is 0 Å². The van der Waals surface area contributed by atoms with E-state index in [-0.39, 0.29) is 11.4 Å². The fraction of sp³-hybridized carbons (Fsp3) is 0.0769. The summed E-state index contributed by atoms with van der Waals surface area (Å²) in [6.07, 6.45) is 0. The third-order valence-electron chi connectivity index (χ3n) is 2.28. The molecule has 0 atom stereocenters. The molecule has 86 valence electrons. The van der Waals surface area contributed by atoms with Gasteiger partial charge < -0.3 is 4.74 Å². The average Bonchev–Trinajstić information content (AvgIpc) is 2.30. The molecule has 4 nitrogen and oxygen atoms in total. The SMILES string of the molecule is Cc1ccc([N+](=O)[O-])c(Oc2ccccc2)c1. The Hall–Kier alpha value is -2.36. The fourth-order valence-electron chi connectivity index (χ4n) is 1.47. The summed E-state index contributed by atoms with van der Waals surface area (Å²) in [5.41, 5.74) is 0.890. The molecule has 0 aliphatic heterocycles. The first kappa shape index (κ1) is 11.1. The predicted octanol–water partition coefficient (Wildman–Crippen LogP) is 3.70. The number of nitrogens with zero attached hydrogens (tertiary/aromatic N) is 1. The van der Waals surface area contributed by atoms with Crippen molar-refractivity contribution >= 4 is 5.69 Å². The Labute approximate surface area is 98.6 Å². The van der Waals surface area contributed by atoms with E-state index >= 15 is 0 Å². The molecule has 0 spiro atoms. The molecule has 2 rings (SSSR count). The van der Waals surface area contributed by atoms with Crippen LogP contribution in [0.5, 0.6) is 11.5 Å². The molecule has 0 fully saturated rings. The maximum Gasteiger partial charge on any atom is 0.311 e. The highest BCUT2D eigenvalue weighted by atomic mass is 16.6. The van der Waals surface area contributed by atoms with Gasteiger partial charge in [0.2, 0.25) is 5.75 Å². The molecule has 0 N–H and O–H groups in total. The minimum Gasteiger partial charge on any atom is -0.450 e. The Morgan fingerprint density at radius 1 is 1.12 bits per heavy atom. The van der Waals surface area contributed by atoms with Crippen molar-refractivity contribution in [2.75, 3.05) is 0 Å². The number of ether oxygens (including phenoxy) is 1. The van der Waals surface area contributed by atoms with Crippen molar-refractivity contribution in [3.05, 3.63) is 64.2 Å². The highest BCUT2D eigenvalue weighted by molar-refractivity contribution is 5.50. The van der Waals surface area contributed by atoms with Crippen LogP contribution < -0.4 is 4.74 Å². The Morgan fingerprint density at radius 3 is 2.47 bits per heavy atom. The number of para-hydroxylation sites is 1. The van der Waals surface area contributed by atoms with E-state index < -0.39 is 4.92 Å². The van der Waals surface area contributed by atoms with Crippen LogP contribution in [0.1, 0.15) is 5.56 Å². The van der Waals surface area contributed by atoms with Crippen molar-refractivity contribution in [1.29, 1.82) is 0 Å². The first-order chi connectivity index (χ1) is 8.16. The predicted molar refractivity (Wildman–Crippen MR) is 64.3 cm³/mol. The van der Waals surface area contributed by atoms with Gasteiger partial charge in [0.15, 0.2) is 0 Å². The van der Waals surface area contributed by atoms with E-state index in [1.165, 1.54) is 6.07 Å². The number of aryl methyl sites for hydroxylation is 1. The van der Waals surface area contributed by atoms with E-state index in [0.717, 1.165) is 5.56 Å². The molecule has 0 aliphatic carbocycles. The number of rotatable bonds is 3. The maximum atomic E-state index is 10.8. The molecule has 0 unspecified atom stereocenters. The van der Waals surface area contributed by atoms with Gasteiger partial charge in [-0.1, -0.05) is 24.3 Å². The van der Waals surface area contributed by atoms with Gasteiger partial charge in [-0.2, -0.15) is 0 Å². The highest BCUT2D eigenvalue weighted by Crippen LogP contribution is 2.31. The van der Waals surface area contributed by atoms with Crippen LogP contribution in [0.15, 0.2) is 48.5 Å². The van der Waals surface area contributed by atoms with Gasteiger partial charge in [0.1, 0.15) is 5.75 Å². The van der Waals surface area contributed by atoms with Gasteiger partial charge in [-0.3, -0.25) is 10.1 Å². The molecule has 0 amide bonds. The molecule has 0 aliphatic rings. The quantitative estimate of drug-likeness (QED) is 0.595. The molecule has 0 heterocycles. The van der Waals surface area contributed by atoms with Crippen LogP contribution in [0.25, 0.3) is 0 Å². The Bertz CT molecular complexity index is 538. The molecule has 2 aromatic rings. The fourth-order valence-corrected chi connectivity index (χ4v) is 1.47. The topological polar surface area (TPSA) is 52.4 Å². The zero-order chi connectivity index (χ0) is 12.3. The summed E-state index contributed by atoms with van der Waals surface area (Å²) in [6, 6.07) is 13.8. The third kappa shape index (κ3) is 2.60. The van der Waals surface area contributed by atoms with E-state index in [1.54, 1.807) is 24.3 Å². The molecule has 17 heavy (non-hydrogen) atoms. The summed E-state index contributed by atoms with van der Waals surface area (Å²) in [7, 11) is 0. The number of nitro benzene ring substituents is 1. The van der Waals surface area contributed by atoms with Crippen molar-refractivity contribution in [2.24, 2.45) is 0 Å².